The summed E-state index contributed by atoms with van der Waals surface area (Å²) in [6.07, 6.45) is 6.38. The summed E-state index contributed by atoms with van der Waals surface area (Å²) in [6.45, 7) is 5.49. The van der Waals surface area contributed by atoms with Crippen LogP contribution in [0.3, 0.4) is 0 Å². The maximum atomic E-state index is 13.3. The number of rotatable bonds is 6. The summed E-state index contributed by atoms with van der Waals surface area (Å²) in [7, 11) is 0. The lowest BCUT2D eigenvalue weighted by Crippen LogP contribution is -2.50. The van der Waals surface area contributed by atoms with E-state index in [4.69, 9.17) is 19.7 Å². The molecule has 4 aliphatic rings. The van der Waals surface area contributed by atoms with Crippen molar-refractivity contribution in [1.82, 2.24) is 24.9 Å². The molecular formula is C31H52N8O7. The molecular weight excluding hydrogens is 596 g/mol. The van der Waals surface area contributed by atoms with E-state index in [9.17, 15) is 19.2 Å². The van der Waals surface area contributed by atoms with Gasteiger partial charge in [-0.1, -0.05) is 11.5 Å². The number of ether oxygens (including phenoxy) is 3. The molecule has 4 unspecified atom stereocenters. The minimum absolute atomic E-state index is 0.136. The highest BCUT2D eigenvalue weighted by Crippen LogP contribution is 2.23. The molecule has 1 saturated carbocycles. The summed E-state index contributed by atoms with van der Waals surface area (Å²) < 4.78 is 18.2. The zero-order valence-corrected chi connectivity index (χ0v) is 27.2. The van der Waals surface area contributed by atoms with Gasteiger partial charge in [0, 0.05) is 70.4 Å². The minimum atomic E-state index is -0.324. The molecule has 3 aliphatic heterocycles. The number of esters is 3. The van der Waals surface area contributed by atoms with E-state index in [1.807, 2.05) is 19.6 Å². The van der Waals surface area contributed by atoms with Crippen molar-refractivity contribution in [2.75, 3.05) is 91.6 Å². The van der Waals surface area contributed by atoms with Crippen LogP contribution in [0, 0.1) is 0 Å². The molecule has 0 aromatic rings. The van der Waals surface area contributed by atoms with Gasteiger partial charge in [0.25, 0.3) is 0 Å². The molecule has 3 saturated heterocycles. The lowest BCUT2D eigenvalue weighted by atomic mass is 9.96. The summed E-state index contributed by atoms with van der Waals surface area (Å²) in [4.78, 5) is 63.7. The summed E-state index contributed by atoms with van der Waals surface area (Å²) in [6, 6.07) is 0. The van der Waals surface area contributed by atoms with Crippen LogP contribution in [-0.2, 0) is 33.4 Å². The predicted octanol–water partition coefficient (Wildman–Crippen LogP) is 1.31. The van der Waals surface area contributed by atoms with Gasteiger partial charge in [-0.3, -0.25) is 38.8 Å². The fourth-order valence-corrected chi connectivity index (χ4v) is 6.56. The van der Waals surface area contributed by atoms with E-state index in [0.717, 1.165) is 32.1 Å². The van der Waals surface area contributed by atoms with E-state index in [0.29, 0.717) is 97.6 Å². The number of azide groups is 1. The van der Waals surface area contributed by atoms with Crippen molar-refractivity contribution in [3.8, 4) is 0 Å². The summed E-state index contributed by atoms with van der Waals surface area (Å²) >= 11 is 0. The fraction of sp³-hybridized carbons (Fsp3) is 0.871. The molecule has 15 heteroatoms. The molecule has 4 fully saturated rings. The normalized spacial score (nSPS) is 31.2. The fourth-order valence-electron chi connectivity index (χ4n) is 6.56. The Labute approximate surface area is 271 Å². The highest BCUT2D eigenvalue weighted by Gasteiger charge is 2.28. The van der Waals surface area contributed by atoms with Gasteiger partial charge in [0.15, 0.2) is 0 Å². The van der Waals surface area contributed by atoms with E-state index in [2.05, 4.69) is 15.3 Å². The van der Waals surface area contributed by atoms with Crippen LogP contribution < -0.4 is 5.32 Å². The SMILES string of the molecule is [N-]=[N+]=NCCCNC(=O)CN1CCN2CCN3CCN(CC1)CC(=O)O[C@H]1CCCCC[C@H](CCC(CC1)OC(=O)C3)OC(=O)C2. The number of amides is 1. The predicted molar refractivity (Wildman–Crippen MR) is 169 cm³/mol. The molecule has 46 heavy (non-hydrogen) atoms. The Morgan fingerprint density at radius 1 is 0.696 bits per heavy atom. The number of hydrogen-bond acceptors (Lipinski definition) is 12. The van der Waals surface area contributed by atoms with E-state index in [1.165, 1.54) is 0 Å². The van der Waals surface area contributed by atoms with Gasteiger partial charge in [0.05, 0.1) is 26.2 Å². The Bertz CT molecular complexity index is 1010. The number of carbonyl (C=O) groups excluding carboxylic acids is 4. The van der Waals surface area contributed by atoms with E-state index < -0.39 is 0 Å². The second-order valence-corrected chi connectivity index (χ2v) is 12.9. The molecule has 0 aromatic carbocycles. The van der Waals surface area contributed by atoms with E-state index in [1.54, 1.807) is 0 Å². The van der Waals surface area contributed by atoms with Crippen LogP contribution in [0.5, 0.6) is 0 Å². The Balaban J connectivity index is 1.59. The van der Waals surface area contributed by atoms with Crippen LogP contribution in [0.2, 0.25) is 0 Å². The minimum Gasteiger partial charge on any atom is -0.461 e. The molecule has 0 radical (unpaired) electrons. The van der Waals surface area contributed by atoms with Crippen molar-refractivity contribution in [2.24, 2.45) is 5.11 Å². The van der Waals surface area contributed by atoms with Crippen LogP contribution in [0.15, 0.2) is 5.11 Å². The van der Waals surface area contributed by atoms with Gasteiger partial charge in [-0.05, 0) is 63.3 Å². The van der Waals surface area contributed by atoms with Gasteiger partial charge in [-0.2, -0.15) is 0 Å². The molecule has 1 N–H and O–H groups in total. The largest absolute Gasteiger partial charge is 0.461 e. The molecule has 1 amide bonds. The summed E-state index contributed by atoms with van der Waals surface area (Å²) in [5, 5.41) is 6.40. The lowest BCUT2D eigenvalue weighted by molar-refractivity contribution is -0.158. The van der Waals surface area contributed by atoms with Crippen LogP contribution in [0.25, 0.3) is 10.4 Å². The maximum absolute atomic E-state index is 13.3. The van der Waals surface area contributed by atoms with Gasteiger partial charge in [-0.25, -0.2) is 0 Å². The number of nitrogens with one attached hydrogen (secondary N) is 1. The molecule has 15 nitrogen and oxygen atoms in total. The van der Waals surface area contributed by atoms with E-state index in [-0.39, 0.29) is 68.3 Å². The van der Waals surface area contributed by atoms with Gasteiger partial charge < -0.3 is 19.5 Å². The molecule has 0 aromatic heterocycles. The Kier molecular flexibility index (Phi) is 15.3. The van der Waals surface area contributed by atoms with Crippen LogP contribution in [-0.4, -0.2) is 153 Å². The third-order valence-corrected chi connectivity index (χ3v) is 9.24. The molecule has 3 heterocycles. The molecule has 1 aliphatic carbocycles. The Morgan fingerprint density at radius 2 is 1.13 bits per heavy atom. The molecule has 0 spiro atoms. The second kappa shape index (κ2) is 19.6. The van der Waals surface area contributed by atoms with E-state index >= 15 is 0 Å². The molecule has 6 bridgehead atoms. The number of fused-ring (bicyclic) bond motifs is 10. The first-order valence-corrected chi connectivity index (χ1v) is 17.1. The zero-order chi connectivity index (χ0) is 32.6. The number of carbonyl (C=O) groups is 4. The van der Waals surface area contributed by atoms with Crippen molar-refractivity contribution in [3.05, 3.63) is 10.4 Å². The maximum Gasteiger partial charge on any atom is 0.320 e. The molecule has 6 atom stereocenters. The van der Waals surface area contributed by atoms with Crippen molar-refractivity contribution in [1.29, 1.82) is 0 Å². The van der Waals surface area contributed by atoms with Crippen molar-refractivity contribution in [3.63, 3.8) is 0 Å². The highest BCUT2D eigenvalue weighted by atomic mass is 16.6. The van der Waals surface area contributed by atoms with Gasteiger partial charge in [-0.15, -0.1) is 0 Å². The monoisotopic (exact) mass is 648 g/mol. The second-order valence-electron chi connectivity index (χ2n) is 12.9. The average molecular weight is 649 g/mol. The first kappa shape index (κ1) is 35.9. The van der Waals surface area contributed by atoms with Crippen molar-refractivity contribution in [2.45, 2.75) is 82.5 Å². The highest BCUT2D eigenvalue weighted by molar-refractivity contribution is 5.78. The lowest BCUT2D eigenvalue weighted by Gasteiger charge is -2.34. The Morgan fingerprint density at radius 3 is 1.59 bits per heavy atom. The zero-order valence-electron chi connectivity index (χ0n) is 27.2. The third-order valence-electron chi connectivity index (χ3n) is 9.24. The quantitative estimate of drug-likeness (QED) is 0.110. The van der Waals surface area contributed by atoms with Gasteiger partial charge >= 0.3 is 17.9 Å². The van der Waals surface area contributed by atoms with Crippen LogP contribution in [0.4, 0.5) is 0 Å². The standard InChI is InChI=1S/C31H52N8O7/c32-35-34-12-4-11-33-28(40)21-36-13-15-37-17-19-39-20-18-38(16-14-36)23-30(42)45-26-6-3-1-2-5-25(44-29(41)22-37)7-9-27(10-8-26)46-31(43)24-39/h25-27H,1-24H2,(H,33,40)/t25-,26+,27?. The molecule has 4 rings (SSSR count). The van der Waals surface area contributed by atoms with Crippen LogP contribution >= 0.6 is 0 Å². The molecule has 258 valence electrons. The summed E-state index contributed by atoms with van der Waals surface area (Å²) in [5.41, 5.74) is 8.47. The van der Waals surface area contributed by atoms with Crippen LogP contribution in [0.1, 0.15) is 64.2 Å². The number of hydrogen-bond donors (Lipinski definition) is 1. The van der Waals surface area contributed by atoms with Gasteiger partial charge in [0.2, 0.25) is 5.91 Å². The first-order chi connectivity index (χ1) is 22.4. The summed E-state index contributed by atoms with van der Waals surface area (Å²) in [5.74, 6) is -0.899. The van der Waals surface area contributed by atoms with Crippen molar-refractivity contribution >= 4 is 23.8 Å². The number of nitrogens with zero attached hydrogens (tertiary/aromatic N) is 7. The topological polar surface area (TPSA) is 170 Å². The average Bonchev–Trinajstić information content (AvgIpc) is 3.01. The first-order valence-electron chi connectivity index (χ1n) is 17.1. The van der Waals surface area contributed by atoms with Crippen molar-refractivity contribution < 1.29 is 33.4 Å². The van der Waals surface area contributed by atoms with Gasteiger partial charge in [0.1, 0.15) is 18.3 Å². The third kappa shape index (κ3) is 13.4. The smallest absolute Gasteiger partial charge is 0.320 e. The Hall–Kier alpha value is -2.97.